The van der Waals surface area contributed by atoms with Crippen molar-refractivity contribution in [2.75, 3.05) is 33.7 Å². The molecule has 0 saturated carbocycles. The van der Waals surface area contributed by atoms with Crippen LogP contribution >= 0.6 is 0 Å². The second-order valence-electron chi connectivity index (χ2n) is 10.3. The molecule has 0 aromatic heterocycles. The van der Waals surface area contributed by atoms with Crippen molar-refractivity contribution in [2.24, 2.45) is 5.92 Å². The zero-order valence-electron chi connectivity index (χ0n) is 23.7. The molecular weight excluding hydrogens is 607 g/mol. The van der Waals surface area contributed by atoms with Gasteiger partial charge in [-0.3, -0.25) is 0 Å². The van der Waals surface area contributed by atoms with Gasteiger partial charge in [-0.2, -0.15) is 13.2 Å². The highest BCUT2D eigenvalue weighted by atomic mass is 32.2. The molecule has 14 heteroatoms. The number of halogens is 3. The largest absolute Gasteiger partial charge is 0.511 e. The van der Waals surface area contributed by atoms with Gasteiger partial charge in [0.15, 0.2) is 18.1 Å². The van der Waals surface area contributed by atoms with Crippen molar-refractivity contribution in [1.82, 2.24) is 4.72 Å². The molecule has 2 N–H and O–H groups in total. The molecule has 44 heavy (non-hydrogen) atoms. The van der Waals surface area contributed by atoms with E-state index in [1.54, 1.807) is 47.2 Å². The molecular formula is C30H30F3NO9S. The Kier molecular flexibility index (Phi) is 8.84. The fraction of sp³-hybridized carbons (Fsp3) is 0.367. The number of fused-ring (bicyclic) bond motifs is 2. The van der Waals surface area contributed by atoms with Crippen LogP contribution in [0, 0.1) is 5.92 Å². The Morgan fingerprint density at radius 2 is 1.68 bits per heavy atom. The lowest BCUT2D eigenvalue weighted by Crippen LogP contribution is -2.40. The van der Waals surface area contributed by atoms with Crippen molar-refractivity contribution in [3.63, 3.8) is 0 Å². The van der Waals surface area contributed by atoms with Gasteiger partial charge in [0.25, 0.3) is 0 Å². The third-order valence-electron chi connectivity index (χ3n) is 7.53. The van der Waals surface area contributed by atoms with Gasteiger partial charge >= 0.3 is 21.5 Å². The maximum atomic E-state index is 13.5. The predicted molar refractivity (Wildman–Crippen MR) is 151 cm³/mol. The van der Waals surface area contributed by atoms with Gasteiger partial charge in [-0.1, -0.05) is 25.1 Å². The fourth-order valence-corrected chi connectivity index (χ4v) is 6.26. The molecule has 3 aromatic rings. The minimum Gasteiger partial charge on any atom is -0.497 e. The molecule has 1 aliphatic heterocycles. The van der Waals surface area contributed by atoms with Crippen LogP contribution in [0.15, 0.2) is 54.6 Å². The Labute approximate surface area is 251 Å². The average molecular weight is 638 g/mol. The van der Waals surface area contributed by atoms with Crippen LogP contribution < -0.4 is 28.4 Å². The first kappa shape index (κ1) is 31.3. The summed E-state index contributed by atoms with van der Waals surface area (Å²) in [6.45, 7) is 1.05. The number of hydrogen-bond donors (Lipinski definition) is 2. The van der Waals surface area contributed by atoms with E-state index in [-0.39, 0.29) is 12.5 Å². The average Bonchev–Trinajstić information content (AvgIpc) is 3.58. The number of benzene rings is 3. The van der Waals surface area contributed by atoms with Crippen LogP contribution in [0.1, 0.15) is 47.4 Å². The Balaban J connectivity index is 1.70. The number of carbonyl (C=O) groups is 1. The van der Waals surface area contributed by atoms with Crippen LogP contribution in [-0.2, 0) is 14.8 Å². The standard InChI is InChI=1S/C30H30F3NO9S/c1-3-10-40-19-6-7-20-22(12-19)29(21-8-5-18(39-2)13-25(21)41-15-27(35)36)23(14-34-44(37,38)30(31,32)33)28(20)17-4-9-24-26(11-17)43-16-42-24/h4-9,11-13,23,28-29,34H,3,10,14-16H2,1-2H3,(H,35,36). The SMILES string of the molecule is CCCOc1ccc2c(c1)C(c1ccc(OC)cc1OCC(=O)O)C(CNS(=O)(=O)C(F)(F)F)C2c1ccc2c(c1)OCO2. The van der Waals surface area contributed by atoms with Gasteiger partial charge in [0, 0.05) is 30.0 Å². The summed E-state index contributed by atoms with van der Waals surface area (Å²) < 4.78 is 94.5. The lowest BCUT2D eigenvalue weighted by atomic mass is 9.79. The van der Waals surface area contributed by atoms with E-state index in [9.17, 15) is 31.5 Å². The molecule has 1 heterocycles. The van der Waals surface area contributed by atoms with Crippen LogP contribution in [0.4, 0.5) is 13.2 Å². The Hall–Kier alpha value is -4.17. The highest BCUT2D eigenvalue weighted by Crippen LogP contribution is 2.56. The smallest absolute Gasteiger partial charge is 0.497 e. The molecule has 0 saturated heterocycles. The number of sulfonamides is 1. The Morgan fingerprint density at radius 1 is 0.955 bits per heavy atom. The molecule has 0 bridgehead atoms. The van der Waals surface area contributed by atoms with Crippen LogP contribution in [0.2, 0.25) is 0 Å². The molecule has 10 nitrogen and oxygen atoms in total. The van der Waals surface area contributed by atoms with E-state index in [1.807, 2.05) is 13.0 Å². The summed E-state index contributed by atoms with van der Waals surface area (Å²) in [5.41, 5.74) is -3.07. The molecule has 0 fully saturated rings. The van der Waals surface area contributed by atoms with Crippen molar-refractivity contribution in [3.05, 3.63) is 76.9 Å². The number of alkyl halides is 3. The number of methoxy groups -OCH3 is 1. The van der Waals surface area contributed by atoms with Crippen molar-refractivity contribution < 1.29 is 55.2 Å². The molecule has 236 valence electrons. The van der Waals surface area contributed by atoms with Gasteiger partial charge in [-0.15, -0.1) is 0 Å². The van der Waals surface area contributed by atoms with Crippen molar-refractivity contribution in [2.45, 2.75) is 30.7 Å². The van der Waals surface area contributed by atoms with E-state index >= 15 is 0 Å². The van der Waals surface area contributed by atoms with E-state index in [2.05, 4.69) is 0 Å². The first-order chi connectivity index (χ1) is 20.9. The van der Waals surface area contributed by atoms with Gasteiger partial charge in [0.05, 0.1) is 13.7 Å². The van der Waals surface area contributed by atoms with E-state index in [0.717, 1.165) is 6.42 Å². The molecule has 3 unspecified atom stereocenters. The van der Waals surface area contributed by atoms with Crippen LogP contribution in [0.5, 0.6) is 28.7 Å². The highest BCUT2D eigenvalue weighted by molar-refractivity contribution is 7.90. The van der Waals surface area contributed by atoms with Gasteiger partial charge in [-0.25, -0.2) is 17.9 Å². The highest BCUT2D eigenvalue weighted by Gasteiger charge is 2.49. The normalized spacial score (nSPS) is 19.0. The summed E-state index contributed by atoms with van der Waals surface area (Å²) in [6, 6.07) is 15.2. The van der Waals surface area contributed by atoms with Gasteiger partial charge in [0.1, 0.15) is 17.2 Å². The monoisotopic (exact) mass is 637 g/mol. The predicted octanol–water partition coefficient (Wildman–Crippen LogP) is 5.01. The summed E-state index contributed by atoms with van der Waals surface area (Å²) in [4.78, 5) is 11.4. The first-order valence-corrected chi connectivity index (χ1v) is 15.2. The van der Waals surface area contributed by atoms with Gasteiger partial charge in [-0.05, 0) is 59.4 Å². The minimum atomic E-state index is -5.70. The molecule has 0 radical (unpaired) electrons. The maximum absolute atomic E-state index is 13.5. The first-order valence-electron chi connectivity index (χ1n) is 13.7. The topological polar surface area (TPSA) is 130 Å². The molecule has 0 amide bonds. The van der Waals surface area contributed by atoms with Crippen molar-refractivity contribution in [1.29, 1.82) is 0 Å². The lowest BCUT2D eigenvalue weighted by molar-refractivity contribution is -0.139. The molecule has 2 aliphatic rings. The van der Waals surface area contributed by atoms with E-state index in [4.69, 9.17) is 23.7 Å². The fourth-order valence-electron chi connectivity index (χ4n) is 5.69. The summed E-state index contributed by atoms with van der Waals surface area (Å²) in [7, 11) is -4.28. The van der Waals surface area contributed by atoms with Crippen LogP contribution in [-0.4, -0.2) is 58.7 Å². The molecule has 3 aromatic carbocycles. The quantitative estimate of drug-likeness (QED) is 0.282. The number of carboxylic acids is 1. The zero-order valence-corrected chi connectivity index (χ0v) is 24.5. The number of rotatable bonds is 12. The van der Waals surface area contributed by atoms with Crippen molar-refractivity contribution >= 4 is 16.0 Å². The third-order valence-corrected chi connectivity index (χ3v) is 8.69. The van der Waals surface area contributed by atoms with E-state index in [1.165, 1.54) is 13.2 Å². The second kappa shape index (κ2) is 12.4. The van der Waals surface area contributed by atoms with Crippen molar-refractivity contribution in [3.8, 4) is 28.7 Å². The number of aliphatic carboxylic acids is 1. The van der Waals surface area contributed by atoms with Crippen LogP contribution in [0.25, 0.3) is 0 Å². The molecule has 1 aliphatic carbocycles. The number of hydrogen-bond acceptors (Lipinski definition) is 8. The van der Waals surface area contributed by atoms with Crippen LogP contribution in [0.3, 0.4) is 0 Å². The summed E-state index contributed by atoms with van der Waals surface area (Å²) in [5, 5.41) is 9.33. The number of nitrogens with one attached hydrogen (secondary N) is 1. The summed E-state index contributed by atoms with van der Waals surface area (Å²) in [5.74, 6) is -1.55. The maximum Gasteiger partial charge on any atom is 0.511 e. The minimum absolute atomic E-state index is 0.00568. The third kappa shape index (κ3) is 6.22. The van der Waals surface area contributed by atoms with E-state index < -0.39 is 52.4 Å². The molecule has 0 spiro atoms. The number of carboxylic acid groups (broad SMARTS) is 1. The summed E-state index contributed by atoms with van der Waals surface area (Å²) in [6.07, 6.45) is 0.730. The summed E-state index contributed by atoms with van der Waals surface area (Å²) >= 11 is 0. The molecule has 5 rings (SSSR count). The zero-order chi connectivity index (χ0) is 31.6. The lowest BCUT2D eigenvalue weighted by Gasteiger charge is -2.28. The van der Waals surface area contributed by atoms with Gasteiger partial charge in [0.2, 0.25) is 6.79 Å². The van der Waals surface area contributed by atoms with Gasteiger partial charge < -0.3 is 28.8 Å². The molecule has 3 atom stereocenters. The Morgan fingerprint density at radius 3 is 2.39 bits per heavy atom. The van der Waals surface area contributed by atoms with E-state index in [0.29, 0.717) is 51.9 Å². The second-order valence-corrected chi connectivity index (χ2v) is 12.0. The Bertz CT molecular complexity index is 1650. The number of ether oxygens (including phenoxy) is 5.